The molecule has 0 fully saturated rings. The van der Waals surface area contributed by atoms with Gasteiger partial charge in [0, 0.05) is 13.6 Å². The van der Waals surface area contributed by atoms with E-state index < -0.39 is 5.95 Å². The van der Waals surface area contributed by atoms with Crippen LogP contribution in [-0.4, -0.2) is 16.8 Å². The largest absolute Gasteiger partial charge is 0.315 e. The van der Waals surface area contributed by atoms with Gasteiger partial charge in [0.15, 0.2) is 0 Å². The predicted molar refractivity (Wildman–Crippen MR) is 38.8 cm³/mol. The number of aromatic nitrogens is 2. The second-order valence-electron chi connectivity index (χ2n) is 2.30. The van der Waals surface area contributed by atoms with E-state index in [2.05, 4.69) is 10.4 Å². The van der Waals surface area contributed by atoms with Crippen LogP contribution in [0.25, 0.3) is 0 Å². The van der Waals surface area contributed by atoms with E-state index in [1.807, 2.05) is 0 Å². The van der Waals surface area contributed by atoms with Gasteiger partial charge in [-0.1, -0.05) is 0 Å². The molecule has 0 saturated heterocycles. The number of nitrogens with one attached hydrogen (secondary N) is 2. The van der Waals surface area contributed by atoms with Gasteiger partial charge in [0.05, 0.1) is 5.56 Å². The van der Waals surface area contributed by atoms with Crippen molar-refractivity contribution < 1.29 is 4.39 Å². The Morgan fingerprint density at radius 3 is 2.73 bits per heavy atom. The Kier molecular flexibility index (Phi) is 2.09. The highest BCUT2D eigenvalue weighted by Gasteiger charge is 2.09. The van der Waals surface area contributed by atoms with E-state index in [9.17, 15) is 9.18 Å². The smallest absolute Gasteiger partial charge is 0.273 e. The number of hydrogen-bond acceptors (Lipinski definition) is 2. The molecule has 0 atom stereocenters. The van der Waals surface area contributed by atoms with E-state index in [-0.39, 0.29) is 17.7 Å². The second kappa shape index (κ2) is 2.87. The van der Waals surface area contributed by atoms with Crippen LogP contribution in [0.3, 0.4) is 0 Å². The van der Waals surface area contributed by atoms with Crippen molar-refractivity contribution in [3.63, 3.8) is 0 Å². The fraction of sp³-hybridized carbons (Fsp3) is 0.500. The molecule has 11 heavy (non-hydrogen) atoms. The van der Waals surface area contributed by atoms with Crippen molar-refractivity contribution in [2.75, 3.05) is 7.05 Å². The average Bonchev–Trinajstić information content (AvgIpc) is 2.17. The number of hydrogen-bond donors (Lipinski definition) is 2. The van der Waals surface area contributed by atoms with Crippen LogP contribution in [0.4, 0.5) is 4.39 Å². The summed E-state index contributed by atoms with van der Waals surface area (Å²) >= 11 is 0. The van der Waals surface area contributed by atoms with Gasteiger partial charge in [-0.2, -0.15) is 4.39 Å². The molecule has 1 heterocycles. The van der Waals surface area contributed by atoms with E-state index in [0.29, 0.717) is 0 Å². The monoisotopic (exact) mass is 159 g/mol. The van der Waals surface area contributed by atoms with E-state index >= 15 is 0 Å². The summed E-state index contributed by atoms with van der Waals surface area (Å²) in [4.78, 5) is 11.0. The first kappa shape index (κ1) is 8.00. The maximum Gasteiger partial charge on any atom is 0.273 e. The summed E-state index contributed by atoms with van der Waals surface area (Å²) in [5, 5.41) is 4.96. The third-order valence-electron chi connectivity index (χ3n) is 1.45. The quantitative estimate of drug-likeness (QED) is 0.615. The SMILES string of the molecule is CNCc1c(F)[nH]n(C)c1=O. The van der Waals surface area contributed by atoms with Crippen LogP contribution in [0.1, 0.15) is 5.56 Å². The molecule has 0 aromatic carbocycles. The van der Waals surface area contributed by atoms with Gasteiger partial charge in [-0.15, -0.1) is 0 Å². The van der Waals surface area contributed by atoms with Gasteiger partial charge < -0.3 is 5.32 Å². The molecule has 0 spiro atoms. The first-order chi connectivity index (χ1) is 5.16. The van der Waals surface area contributed by atoms with E-state index in [1.165, 1.54) is 7.05 Å². The Balaban J connectivity index is 3.12. The minimum Gasteiger partial charge on any atom is -0.315 e. The summed E-state index contributed by atoms with van der Waals surface area (Å²) in [6, 6.07) is 0. The van der Waals surface area contributed by atoms with Crippen molar-refractivity contribution in [1.29, 1.82) is 0 Å². The molecular weight excluding hydrogens is 149 g/mol. The van der Waals surface area contributed by atoms with Crippen molar-refractivity contribution in [3.05, 3.63) is 21.9 Å². The molecule has 4 nitrogen and oxygen atoms in total. The van der Waals surface area contributed by atoms with Crippen LogP contribution in [0.15, 0.2) is 4.79 Å². The molecule has 0 unspecified atom stereocenters. The minimum atomic E-state index is -0.563. The Bertz CT molecular complexity index is 301. The van der Waals surface area contributed by atoms with Crippen molar-refractivity contribution in [2.24, 2.45) is 7.05 Å². The lowest BCUT2D eigenvalue weighted by Crippen LogP contribution is -2.19. The zero-order chi connectivity index (χ0) is 8.43. The van der Waals surface area contributed by atoms with Crippen LogP contribution in [-0.2, 0) is 13.6 Å². The molecular formula is C6H10FN3O. The lowest BCUT2D eigenvalue weighted by atomic mass is 10.3. The van der Waals surface area contributed by atoms with Crippen LogP contribution in [0, 0.1) is 5.95 Å². The van der Waals surface area contributed by atoms with Gasteiger partial charge in [-0.05, 0) is 7.05 Å². The fourth-order valence-corrected chi connectivity index (χ4v) is 0.892. The molecule has 1 aromatic rings. The summed E-state index contributed by atoms with van der Waals surface area (Å²) in [5.74, 6) is -0.563. The lowest BCUT2D eigenvalue weighted by Gasteiger charge is -1.90. The number of rotatable bonds is 2. The standard InChI is InChI=1S/C6H10FN3O/c1-8-3-4-5(7)9-10(2)6(4)11/h8-9H,3H2,1-2H3. The highest BCUT2D eigenvalue weighted by atomic mass is 19.1. The molecule has 0 radical (unpaired) electrons. The summed E-state index contributed by atoms with van der Waals surface area (Å²) < 4.78 is 13.9. The molecule has 2 N–H and O–H groups in total. The van der Waals surface area contributed by atoms with Gasteiger partial charge in [-0.3, -0.25) is 14.6 Å². The topological polar surface area (TPSA) is 49.8 Å². The Morgan fingerprint density at radius 1 is 1.73 bits per heavy atom. The van der Waals surface area contributed by atoms with Gasteiger partial charge in [-0.25, -0.2) is 0 Å². The van der Waals surface area contributed by atoms with Crippen molar-refractivity contribution in [1.82, 2.24) is 15.1 Å². The predicted octanol–water partition coefficient (Wildman–Crippen LogP) is -0.428. The number of H-pyrrole nitrogens is 1. The molecule has 0 amide bonds. The highest BCUT2D eigenvalue weighted by Crippen LogP contribution is 1.95. The Morgan fingerprint density at radius 2 is 2.36 bits per heavy atom. The maximum atomic E-state index is 12.7. The fourth-order valence-electron chi connectivity index (χ4n) is 0.892. The summed E-state index contributed by atoms with van der Waals surface area (Å²) in [7, 11) is 3.14. The number of nitrogens with zero attached hydrogens (tertiary/aromatic N) is 1. The van der Waals surface area contributed by atoms with Gasteiger partial charge in [0.2, 0.25) is 5.95 Å². The maximum absolute atomic E-state index is 12.7. The van der Waals surface area contributed by atoms with E-state index in [0.717, 1.165) is 4.68 Å². The van der Waals surface area contributed by atoms with E-state index in [4.69, 9.17) is 0 Å². The molecule has 0 aliphatic rings. The third kappa shape index (κ3) is 1.32. The summed E-state index contributed by atoms with van der Waals surface area (Å²) in [5.41, 5.74) is -0.174. The number of aromatic amines is 1. The Hall–Kier alpha value is -1.10. The molecule has 1 aromatic heterocycles. The molecule has 0 saturated carbocycles. The lowest BCUT2D eigenvalue weighted by molar-refractivity contribution is 0.540. The zero-order valence-electron chi connectivity index (χ0n) is 6.44. The van der Waals surface area contributed by atoms with Crippen LogP contribution >= 0.6 is 0 Å². The second-order valence-corrected chi connectivity index (χ2v) is 2.30. The van der Waals surface area contributed by atoms with Gasteiger partial charge in [0.25, 0.3) is 5.56 Å². The van der Waals surface area contributed by atoms with Crippen molar-refractivity contribution in [3.8, 4) is 0 Å². The first-order valence-electron chi connectivity index (χ1n) is 3.24. The number of halogens is 1. The van der Waals surface area contributed by atoms with Crippen LogP contribution in [0.5, 0.6) is 0 Å². The molecule has 0 bridgehead atoms. The Labute approximate surface area is 63.0 Å². The van der Waals surface area contributed by atoms with E-state index in [1.54, 1.807) is 7.05 Å². The molecule has 1 rings (SSSR count). The normalized spacial score (nSPS) is 10.5. The summed E-state index contributed by atoms with van der Waals surface area (Å²) in [6.45, 7) is 0.252. The highest BCUT2D eigenvalue weighted by molar-refractivity contribution is 5.06. The van der Waals surface area contributed by atoms with Crippen molar-refractivity contribution >= 4 is 0 Å². The molecule has 5 heteroatoms. The minimum absolute atomic E-state index is 0.148. The number of aryl methyl sites for hydroxylation is 1. The van der Waals surface area contributed by atoms with Crippen molar-refractivity contribution in [2.45, 2.75) is 6.54 Å². The molecule has 62 valence electrons. The molecule has 0 aliphatic heterocycles. The molecule has 0 aliphatic carbocycles. The van der Waals surface area contributed by atoms with Gasteiger partial charge in [0.1, 0.15) is 0 Å². The third-order valence-corrected chi connectivity index (χ3v) is 1.45. The first-order valence-corrected chi connectivity index (χ1v) is 3.24. The van der Waals surface area contributed by atoms with Crippen LogP contribution < -0.4 is 10.9 Å². The van der Waals surface area contributed by atoms with Crippen LogP contribution in [0.2, 0.25) is 0 Å². The van der Waals surface area contributed by atoms with Gasteiger partial charge >= 0.3 is 0 Å². The zero-order valence-corrected chi connectivity index (χ0v) is 6.44. The summed E-state index contributed by atoms with van der Waals surface area (Å²) in [6.07, 6.45) is 0. The average molecular weight is 159 g/mol.